The average Bonchev–Trinajstić information content (AvgIpc) is 1.72. The van der Waals surface area contributed by atoms with Gasteiger partial charge in [-0.1, -0.05) is 46.0 Å². The first-order valence-corrected chi connectivity index (χ1v) is 3.00. The van der Waals surface area contributed by atoms with Crippen molar-refractivity contribution in [2.24, 2.45) is 0 Å². The van der Waals surface area contributed by atoms with Crippen LogP contribution in [0.3, 0.4) is 0 Å². The summed E-state index contributed by atoms with van der Waals surface area (Å²) in [4.78, 5) is 0. The SMILES string of the molecule is C.C1CCCCC1.[Ar].[Ar]. The van der Waals surface area contributed by atoms with Gasteiger partial charge in [-0.05, 0) is 0 Å². The van der Waals surface area contributed by atoms with Crippen LogP contribution in [0.1, 0.15) is 46.0 Å². The molecule has 0 unspecified atom stereocenters. The Morgan fingerprint density at radius 1 is 0.444 bits per heavy atom. The molecule has 1 rings (SSSR count). The van der Waals surface area contributed by atoms with Crippen LogP contribution in [0.25, 0.3) is 0 Å². The van der Waals surface area contributed by atoms with Gasteiger partial charge in [0.25, 0.3) is 0 Å². The summed E-state index contributed by atoms with van der Waals surface area (Å²) in [5, 5.41) is 0. The third-order valence-corrected chi connectivity index (χ3v) is 1.50. The van der Waals surface area contributed by atoms with E-state index in [1.54, 1.807) is 0 Å². The number of hydrogen-bond donors (Lipinski definition) is 0. The molecule has 1 aliphatic rings. The van der Waals surface area contributed by atoms with E-state index in [1.165, 1.54) is 38.5 Å². The molecule has 0 saturated heterocycles. The molecular formula is C7H16Ar2. The Morgan fingerprint density at radius 3 is 0.667 bits per heavy atom. The molecule has 1 fully saturated rings. The van der Waals surface area contributed by atoms with E-state index in [-0.39, 0.29) is 82.9 Å². The van der Waals surface area contributed by atoms with Gasteiger partial charge in [-0.3, -0.25) is 0 Å². The normalized spacial score (nSPS) is 16.0. The summed E-state index contributed by atoms with van der Waals surface area (Å²) in [5.41, 5.74) is 0. The summed E-state index contributed by atoms with van der Waals surface area (Å²) in [6, 6.07) is 0. The van der Waals surface area contributed by atoms with E-state index >= 15 is 0 Å². The van der Waals surface area contributed by atoms with Crippen LogP contribution in [0.5, 0.6) is 0 Å². The molecule has 0 aliphatic heterocycles. The van der Waals surface area contributed by atoms with Crippen LogP contribution < -0.4 is 0 Å². The zero-order valence-corrected chi connectivity index (χ0v) is 6.36. The van der Waals surface area contributed by atoms with Gasteiger partial charge in [0.2, 0.25) is 0 Å². The summed E-state index contributed by atoms with van der Waals surface area (Å²) in [6.07, 6.45) is 9.00. The predicted octanol–water partition coefficient (Wildman–Crippen LogP) is 2.98. The second kappa shape index (κ2) is 13.1. The standard InChI is InChI=1S/C6H12.CH4.2Ar/c1-2-4-6-5-3-1;;;/h1-6H2;1H4;;. The topological polar surface area (TPSA) is 0 Å². The smallest absolute Gasteiger partial charge is 0 e. The van der Waals surface area contributed by atoms with Crippen molar-refractivity contribution in [1.82, 2.24) is 0 Å². The summed E-state index contributed by atoms with van der Waals surface area (Å²) < 4.78 is 0. The largest absolute Gasteiger partial charge is 0.0776 e. The van der Waals surface area contributed by atoms with E-state index < -0.39 is 0 Å². The maximum Gasteiger partial charge on any atom is 0 e. The van der Waals surface area contributed by atoms with Crippen LogP contribution >= 0.6 is 0 Å². The summed E-state index contributed by atoms with van der Waals surface area (Å²) in [7, 11) is 0. The fraction of sp³-hybridized carbons (Fsp3) is 1.00. The first-order valence-electron chi connectivity index (χ1n) is 3.00. The Balaban J connectivity index is -0.000000120. The Kier molecular flexibility index (Phi) is 25.6. The number of rotatable bonds is 0. The average molecular weight is 180 g/mol. The quantitative estimate of drug-likeness (QED) is 0.537. The van der Waals surface area contributed by atoms with Crippen LogP contribution in [0.2, 0.25) is 0 Å². The molecule has 0 heterocycles. The monoisotopic (exact) mass is 180 g/mol. The Morgan fingerprint density at radius 2 is 0.556 bits per heavy atom. The fourth-order valence-electron chi connectivity index (χ4n) is 1.06. The van der Waals surface area contributed by atoms with Gasteiger partial charge < -0.3 is 0 Å². The summed E-state index contributed by atoms with van der Waals surface area (Å²) in [6.45, 7) is 0. The van der Waals surface area contributed by atoms with Gasteiger partial charge >= 0.3 is 0 Å². The van der Waals surface area contributed by atoms with Gasteiger partial charge in [0.05, 0.1) is 0 Å². The molecule has 1 saturated carbocycles. The second-order valence-corrected chi connectivity index (χ2v) is 2.12. The first kappa shape index (κ1) is 17.6. The van der Waals surface area contributed by atoms with E-state index in [9.17, 15) is 0 Å². The third kappa shape index (κ3) is 10.5. The first-order chi connectivity index (χ1) is 3.00. The Hall–Kier alpha value is 2.52. The summed E-state index contributed by atoms with van der Waals surface area (Å²) >= 11 is 0. The van der Waals surface area contributed by atoms with Crippen LogP contribution in [0.4, 0.5) is 0 Å². The molecule has 0 spiro atoms. The minimum Gasteiger partial charge on any atom is -0.0776 e. The molecule has 9 heavy (non-hydrogen) atoms. The predicted molar refractivity (Wildman–Crippen MR) is 34.4 cm³/mol. The van der Waals surface area contributed by atoms with E-state index in [2.05, 4.69) is 0 Å². The van der Waals surface area contributed by atoms with E-state index in [4.69, 9.17) is 0 Å². The number of hydrogen-bond acceptors (Lipinski definition) is 0. The summed E-state index contributed by atoms with van der Waals surface area (Å²) in [5.74, 6) is 0. The molecule has 0 atom stereocenters. The van der Waals surface area contributed by atoms with Crippen LogP contribution in [0, 0.1) is 75.5 Å². The molecule has 0 nitrogen and oxygen atoms in total. The maximum atomic E-state index is 1.50. The van der Waals surface area contributed by atoms with Crippen molar-refractivity contribution < 1.29 is 75.5 Å². The zero-order chi connectivity index (χ0) is 4.24. The van der Waals surface area contributed by atoms with Crippen LogP contribution in [0.15, 0.2) is 0 Å². The van der Waals surface area contributed by atoms with Crippen molar-refractivity contribution in [3.63, 3.8) is 0 Å². The van der Waals surface area contributed by atoms with E-state index in [1.807, 2.05) is 0 Å². The molecule has 0 bridgehead atoms. The molecular weight excluding hydrogens is 164 g/mol. The molecule has 0 aromatic carbocycles. The van der Waals surface area contributed by atoms with Gasteiger partial charge in [0.1, 0.15) is 0 Å². The second-order valence-electron chi connectivity index (χ2n) is 2.12. The van der Waals surface area contributed by atoms with Gasteiger partial charge in [-0.15, -0.1) is 0 Å². The van der Waals surface area contributed by atoms with E-state index in [0.29, 0.717) is 0 Å². The molecule has 0 aromatic rings. The zero-order valence-electron chi connectivity index (χ0n) is 4.95. The minimum absolute atomic E-state index is 0. The molecule has 60 valence electrons. The van der Waals surface area contributed by atoms with Crippen LogP contribution in [-0.2, 0) is 0 Å². The molecule has 2 heteroatoms. The fourth-order valence-corrected chi connectivity index (χ4v) is 1.06. The molecule has 0 amide bonds. The van der Waals surface area contributed by atoms with Gasteiger partial charge in [0.15, 0.2) is 0 Å². The third-order valence-electron chi connectivity index (χ3n) is 1.50. The van der Waals surface area contributed by atoms with Crippen molar-refractivity contribution in [3.05, 3.63) is 0 Å². The van der Waals surface area contributed by atoms with Crippen LogP contribution in [-0.4, -0.2) is 0 Å². The maximum absolute atomic E-state index is 1.50. The van der Waals surface area contributed by atoms with E-state index in [0.717, 1.165) is 0 Å². The van der Waals surface area contributed by atoms with Gasteiger partial charge in [0, 0.05) is 75.5 Å². The molecule has 1 aliphatic carbocycles. The van der Waals surface area contributed by atoms with Crippen molar-refractivity contribution in [2.45, 2.75) is 46.0 Å². The van der Waals surface area contributed by atoms with Crippen molar-refractivity contribution in [1.29, 1.82) is 0 Å². The van der Waals surface area contributed by atoms with Crippen molar-refractivity contribution in [2.75, 3.05) is 0 Å². The molecule has 0 aromatic heterocycles. The Labute approximate surface area is 119 Å². The Bertz CT molecular complexity index is 22.4. The van der Waals surface area contributed by atoms with Crippen molar-refractivity contribution >= 4 is 0 Å². The van der Waals surface area contributed by atoms with Gasteiger partial charge in [-0.2, -0.15) is 0 Å². The molecule has 0 radical (unpaired) electrons. The van der Waals surface area contributed by atoms with Gasteiger partial charge in [-0.25, -0.2) is 0 Å². The molecule has 0 N–H and O–H groups in total. The minimum atomic E-state index is 0. The van der Waals surface area contributed by atoms with Crippen molar-refractivity contribution in [3.8, 4) is 0 Å².